The summed E-state index contributed by atoms with van der Waals surface area (Å²) in [5.41, 5.74) is -2.17. The molecule has 0 aliphatic carbocycles. The van der Waals surface area contributed by atoms with Gasteiger partial charge in [0, 0.05) is 11.5 Å². The normalized spacial score (nSPS) is 10.7. The number of halogens is 4. The minimum Gasteiger partial charge on any atom is -0.478 e. The molecular weight excluding hydrogens is 279 g/mol. The number of pyridine rings is 1. The first-order valence-electron chi connectivity index (χ1n) is 3.73. The van der Waals surface area contributed by atoms with Gasteiger partial charge in [0.2, 0.25) is 0 Å². The number of aromatic carboxylic acids is 1. The molecule has 0 aliphatic heterocycles. The molecule has 0 atom stereocenters. The van der Waals surface area contributed by atoms with Crippen LogP contribution in [0.25, 0.3) is 0 Å². The Labute approximate surface area is 91.1 Å². The predicted molar refractivity (Wildman–Crippen MR) is 48.7 cm³/mol. The predicted octanol–water partition coefficient (Wildman–Crippen LogP) is 2.75. The number of carbonyl (C=O) groups is 1. The van der Waals surface area contributed by atoms with Crippen molar-refractivity contribution in [3.8, 4) is 0 Å². The van der Waals surface area contributed by atoms with Crippen molar-refractivity contribution >= 4 is 21.9 Å². The second-order valence-electron chi connectivity index (χ2n) is 2.59. The van der Waals surface area contributed by atoms with Gasteiger partial charge in [0.15, 0.2) is 5.82 Å². The van der Waals surface area contributed by atoms with Crippen LogP contribution < -0.4 is 0 Å². The molecule has 1 rings (SSSR count). The fourth-order valence-electron chi connectivity index (χ4n) is 1.02. The lowest BCUT2D eigenvalue weighted by Crippen LogP contribution is -2.09. The van der Waals surface area contributed by atoms with Gasteiger partial charge in [-0.3, -0.25) is 4.98 Å². The van der Waals surface area contributed by atoms with E-state index in [1.54, 1.807) is 0 Å². The van der Waals surface area contributed by atoms with E-state index in [2.05, 4.69) is 20.9 Å². The summed E-state index contributed by atoms with van der Waals surface area (Å²) in [6.45, 7) is 0. The molecule has 0 aliphatic rings. The summed E-state index contributed by atoms with van der Waals surface area (Å²) in [5.74, 6) is -2.90. The van der Waals surface area contributed by atoms with Crippen LogP contribution in [-0.2, 0) is 5.33 Å². The van der Waals surface area contributed by atoms with Crippen LogP contribution in [0.2, 0.25) is 0 Å². The van der Waals surface area contributed by atoms with Crippen molar-refractivity contribution in [1.82, 2.24) is 4.98 Å². The van der Waals surface area contributed by atoms with Gasteiger partial charge in [-0.15, -0.1) is 0 Å². The third kappa shape index (κ3) is 2.28. The molecule has 0 saturated heterocycles. The first-order chi connectivity index (χ1) is 6.99. The highest BCUT2D eigenvalue weighted by Gasteiger charge is 2.25. The first kappa shape index (κ1) is 12.0. The molecule has 7 heteroatoms. The van der Waals surface area contributed by atoms with E-state index in [4.69, 9.17) is 5.11 Å². The largest absolute Gasteiger partial charge is 0.478 e. The Bertz CT molecular complexity index is 398. The van der Waals surface area contributed by atoms with Crippen molar-refractivity contribution in [2.45, 2.75) is 11.8 Å². The zero-order valence-electron chi connectivity index (χ0n) is 7.18. The minimum absolute atomic E-state index is 0.0571. The van der Waals surface area contributed by atoms with Crippen LogP contribution in [0.5, 0.6) is 0 Å². The molecule has 1 aromatic rings. The number of carboxylic acid groups (broad SMARTS) is 1. The van der Waals surface area contributed by atoms with Gasteiger partial charge in [-0.1, -0.05) is 15.9 Å². The maximum atomic E-state index is 13.3. The van der Waals surface area contributed by atoms with Gasteiger partial charge in [-0.2, -0.15) is 0 Å². The average Bonchev–Trinajstić information content (AvgIpc) is 2.16. The first-order valence-corrected chi connectivity index (χ1v) is 4.85. The van der Waals surface area contributed by atoms with Gasteiger partial charge < -0.3 is 5.11 Å². The number of aromatic nitrogens is 1. The number of hydrogen-bond donors (Lipinski definition) is 1. The van der Waals surface area contributed by atoms with Gasteiger partial charge in [-0.25, -0.2) is 18.0 Å². The van der Waals surface area contributed by atoms with Crippen molar-refractivity contribution in [3.63, 3.8) is 0 Å². The van der Waals surface area contributed by atoms with E-state index in [9.17, 15) is 18.0 Å². The van der Waals surface area contributed by atoms with E-state index < -0.39 is 29.3 Å². The molecule has 0 spiro atoms. The van der Waals surface area contributed by atoms with Crippen molar-refractivity contribution in [1.29, 1.82) is 0 Å². The summed E-state index contributed by atoms with van der Waals surface area (Å²) >= 11 is 2.86. The van der Waals surface area contributed by atoms with Gasteiger partial charge in [0.1, 0.15) is 0 Å². The summed E-state index contributed by atoms with van der Waals surface area (Å²) in [7, 11) is 0. The van der Waals surface area contributed by atoms with Crippen molar-refractivity contribution in [3.05, 3.63) is 28.8 Å². The smallest absolute Gasteiger partial charge is 0.337 e. The molecule has 0 amide bonds. The van der Waals surface area contributed by atoms with Crippen LogP contribution in [0.15, 0.2) is 6.20 Å². The van der Waals surface area contributed by atoms with E-state index in [-0.39, 0.29) is 11.0 Å². The third-order valence-corrected chi connectivity index (χ3v) is 2.24. The summed E-state index contributed by atoms with van der Waals surface area (Å²) < 4.78 is 38.1. The Morgan fingerprint density at radius 1 is 1.60 bits per heavy atom. The van der Waals surface area contributed by atoms with E-state index in [1.165, 1.54) is 0 Å². The number of rotatable bonds is 3. The molecule has 0 unspecified atom stereocenters. The number of carboxylic acids is 1. The van der Waals surface area contributed by atoms with Gasteiger partial charge in [0.25, 0.3) is 6.43 Å². The van der Waals surface area contributed by atoms with Crippen molar-refractivity contribution < 1.29 is 23.1 Å². The topological polar surface area (TPSA) is 50.2 Å². The maximum absolute atomic E-state index is 13.3. The lowest BCUT2D eigenvalue weighted by Gasteiger charge is -2.08. The molecule has 1 aromatic heterocycles. The maximum Gasteiger partial charge on any atom is 0.337 e. The van der Waals surface area contributed by atoms with Crippen LogP contribution in [0, 0.1) is 5.82 Å². The number of alkyl halides is 3. The summed E-state index contributed by atoms with van der Waals surface area (Å²) in [4.78, 5) is 14.0. The fourth-order valence-corrected chi connectivity index (χ4v) is 1.41. The zero-order valence-corrected chi connectivity index (χ0v) is 8.76. The Hall–Kier alpha value is -1.11. The van der Waals surface area contributed by atoms with Crippen LogP contribution in [0.3, 0.4) is 0 Å². The molecule has 0 fully saturated rings. The van der Waals surface area contributed by atoms with E-state index in [0.29, 0.717) is 0 Å². The quantitative estimate of drug-likeness (QED) is 0.868. The highest BCUT2D eigenvalue weighted by Crippen LogP contribution is 2.27. The molecule has 0 radical (unpaired) electrons. The molecule has 82 valence electrons. The highest BCUT2D eigenvalue weighted by atomic mass is 79.9. The van der Waals surface area contributed by atoms with Crippen LogP contribution in [0.4, 0.5) is 13.2 Å². The Morgan fingerprint density at radius 3 is 2.60 bits per heavy atom. The lowest BCUT2D eigenvalue weighted by molar-refractivity contribution is 0.0681. The molecule has 3 nitrogen and oxygen atoms in total. The second kappa shape index (κ2) is 4.61. The second-order valence-corrected chi connectivity index (χ2v) is 3.15. The Kier molecular flexibility index (Phi) is 3.67. The molecule has 15 heavy (non-hydrogen) atoms. The lowest BCUT2D eigenvalue weighted by atomic mass is 10.1. The van der Waals surface area contributed by atoms with Gasteiger partial charge in [0.05, 0.1) is 16.8 Å². The monoisotopic (exact) mass is 283 g/mol. The van der Waals surface area contributed by atoms with Crippen LogP contribution in [-0.4, -0.2) is 16.1 Å². The molecular formula is C8H5BrF3NO2. The van der Waals surface area contributed by atoms with Crippen molar-refractivity contribution in [2.75, 3.05) is 0 Å². The van der Waals surface area contributed by atoms with E-state index >= 15 is 0 Å². The highest BCUT2D eigenvalue weighted by molar-refractivity contribution is 9.08. The average molecular weight is 284 g/mol. The number of nitrogens with zero attached hydrogens (tertiary/aromatic N) is 1. The van der Waals surface area contributed by atoms with Gasteiger partial charge >= 0.3 is 5.97 Å². The molecule has 0 aromatic carbocycles. The standard InChI is InChI=1S/C8H5BrF3NO2/c9-1-4-6(10)5(7(11)12)3(2-13-4)8(14)15/h2,7H,1H2,(H,14,15). The molecule has 1 N–H and O–H groups in total. The minimum atomic E-state index is -3.18. The van der Waals surface area contributed by atoms with E-state index in [1.807, 2.05) is 0 Å². The van der Waals surface area contributed by atoms with Gasteiger partial charge in [-0.05, 0) is 0 Å². The van der Waals surface area contributed by atoms with E-state index in [0.717, 1.165) is 6.20 Å². The molecule has 0 saturated carbocycles. The third-order valence-electron chi connectivity index (χ3n) is 1.70. The SMILES string of the molecule is O=C(O)c1cnc(CBr)c(F)c1C(F)F. The van der Waals surface area contributed by atoms with Crippen LogP contribution >= 0.6 is 15.9 Å². The van der Waals surface area contributed by atoms with Crippen LogP contribution in [0.1, 0.15) is 28.0 Å². The summed E-state index contributed by atoms with van der Waals surface area (Å²) in [6, 6.07) is 0. The number of hydrogen-bond acceptors (Lipinski definition) is 2. The van der Waals surface area contributed by atoms with Crippen molar-refractivity contribution in [2.24, 2.45) is 0 Å². The summed E-state index contributed by atoms with van der Waals surface area (Å²) in [5, 5.41) is 8.49. The molecule has 0 bridgehead atoms. The summed E-state index contributed by atoms with van der Waals surface area (Å²) in [6.07, 6.45) is -2.46. The Balaban J connectivity index is 3.44. The zero-order chi connectivity index (χ0) is 11.6. The molecule has 1 heterocycles. The fraction of sp³-hybridized carbons (Fsp3) is 0.250. The Morgan fingerprint density at radius 2 is 2.20 bits per heavy atom.